The van der Waals surface area contributed by atoms with Crippen LogP contribution >= 0.6 is 0 Å². The summed E-state index contributed by atoms with van der Waals surface area (Å²) in [5, 5.41) is 2.62. The summed E-state index contributed by atoms with van der Waals surface area (Å²) >= 11 is 0. The molecule has 11 nitrogen and oxygen atoms in total. The Morgan fingerprint density at radius 2 is 1.76 bits per heavy atom. The van der Waals surface area contributed by atoms with E-state index in [9.17, 15) is 14.4 Å². The van der Waals surface area contributed by atoms with Crippen molar-refractivity contribution in [3.63, 3.8) is 0 Å². The molecule has 5 rings (SSSR count). The van der Waals surface area contributed by atoms with Crippen molar-refractivity contribution in [1.29, 1.82) is 0 Å². The highest BCUT2D eigenvalue weighted by Crippen LogP contribution is 2.28. The minimum Gasteiger partial charge on any atom is -0.484 e. The molecule has 12 heteroatoms. The largest absolute Gasteiger partial charge is 0.484 e. The van der Waals surface area contributed by atoms with Gasteiger partial charge < -0.3 is 29.3 Å². The fourth-order valence-electron chi connectivity index (χ4n) is 5.16. The Morgan fingerprint density at radius 1 is 1.02 bits per heavy atom. The second kappa shape index (κ2) is 13.2. The SMILES string of the molecule is CC(=O)NCC1CN(c2ccc(N3CCN(C(=O)COc4ccc(CN5CCOCC5)cc4)CC3)c(F)c2)C(=O)O1. The Morgan fingerprint density at radius 3 is 2.44 bits per heavy atom. The monoisotopic (exact) mass is 569 g/mol. The summed E-state index contributed by atoms with van der Waals surface area (Å²) in [5.74, 6) is -0.137. The predicted molar refractivity (Wildman–Crippen MR) is 150 cm³/mol. The Hall–Kier alpha value is -3.90. The Kier molecular flexibility index (Phi) is 9.20. The number of morpholine rings is 1. The third kappa shape index (κ3) is 7.44. The number of rotatable bonds is 9. The maximum Gasteiger partial charge on any atom is 0.414 e. The molecular weight excluding hydrogens is 533 g/mol. The van der Waals surface area contributed by atoms with Crippen LogP contribution in [0, 0.1) is 5.82 Å². The summed E-state index contributed by atoms with van der Waals surface area (Å²) in [5.41, 5.74) is 1.99. The lowest BCUT2D eigenvalue weighted by Crippen LogP contribution is -2.50. The van der Waals surface area contributed by atoms with Crippen molar-refractivity contribution >= 4 is 29.3 Å². The number of ether oxygens (including phenoxy) is 3. The quantitative estimate of drug-likeness (QED) is 0.488. The number of hydrogen-bond acceptors (Lipinski definition) is 8. The van der Waals surface area contributed by atoms with Crippen molar-refractivity contribution in [2.45, 2.75) is 19.6 Å². The van der Waals surface area contributed by atoms with Gasteiger partial charge in [0.05, 0.1) is 37.7 Å². The lowest BCUT2D eigenvalue weighted by molar-refractivity contribution is -0.133. The first kappa shape index (κ1) is 28.6. The van der Waals surface area contributed by atoms with Crippen LogP contribution < -0.4 is 19.9 Å². The van der Waals surface area contributed by atoms with Crippen LogP contribution in [0.25, 0.3) is 0 Å². The third-order valence-corrected chi connectivity index (χ3v) is 7.46. The second-order valence-corrected chi connectivity index (χ2v) is 10.4. The number of piperazine rings is 1. The molecule has 1 unspecified atom stereocenters. The number of halogens is 1. The predicted octanol–water partition coefficient (Wildman–Crippen LogP) is 1.85. The normalized spacial score (nSPS) is 19.7. The van der Waals surface area contributed by atoms with Gasteiger partial charge in [-0.15, -0.1) is 0 Å². The van der Waals surface area contributed by atoms with Gasteiger partial charge in [-0.3, -0.25) is 19.4 Å². The van der Waals surface area contributed by atoms with E-state index in [1.54, 1.807) is 17.0 Å². The molecule has 0 bridgehead atoms. The molecule has 3 aliphatic heterocycles. The number of cyclic esters (lactones) is 1. The number of hydrogen-bond donors (Lipinski definition) is 1. The van der Waals surface area contributed by atoms with Gasteiger partial charge in [0.2, 0.25) is 5.91 Å². The Bertz CT molecular complexity index is 1230. The van der Waals surface area contributed by atoms with E-state index in [1.807, 2.05) is 29.2 Å². The number of amides is 3. The van der Waals surface area contributed by atoms with E-state index >= 15 is 4.39 Å². The number of anilines is 2. The van der Waals surface area contributed by atoms with E-state index in [1.165, 1.54) is 23.5 Å². The van der Waals surface area contributed by atoms with Gasteiger partial charge in [-0.1, -0.05) is 12.1 Å². The highest BCUT2D eigenvalue weighted by atomic mass is 19.1. The Balaban J connectivity index is 1.07. The molecule has 41 heavy (non-hydrogen) atoms. The molecule has 0 aromatic heterocycles. The zero-order chi connectivity index (χ0) is 28.8. The van der Waals surface area contributed by atoms with Gasteiger partial charge in [0.15, 0.2) is 6.61 Å². The summed E-state index contributed by atoms with van der Waals surface area (Å²) in [6.07, 6.45) is -1.07. The molecule has 3 fully saturated rings. The van der Waals surface area contributed by atoms with Crippen LogP contribution in [0.15, 0.2) is 42.5 Å². The van der Waals surface area contributed by atoms with E-state index in [4.69, 9.17) is 14.2 Å². The van der Waals surface area contributed by atoms with Crippen LogP contribution in [-0.4, -0.2) is 106 Å². The van der Waals surface area contributed by atoms with Gasteiger partial charge in [-0.2, -0.15) is 0 Å². The number of nitrogens with one attached hydrogen (secondary N) is 1. The Labute approximate surface area is 238 Å². The number of nitrogens with zero attached hydrogens (tertiary/aromatic N) is 4. The van der Waals surface area contributed by atoms with Crippen molar-refractivity contribution in [3.05, 3.63) is 53.8 Å². The first-order valence-corrected chi connectivity index (χ1v) is 13.9. The van der Waals surface area contributed by atoms with Crippen LogP contribution in [0.5, 0.6) is 5.75 Å². The maximum atomic E-state index is 15.1. The topological polar surface area (TPSA) is 104 Å². The summed E-state index contributed by atoms with van der Waals surface area (Å²) in [4.78, 5) is 43.5. The molecule has 1 atom stereocenters. The van der Waals surface area contributed by atoms with Gasteiger partial charge in [0.25, 0.3) is 5.91 Å². The van der Waals surface area contributed by atoms with Gasteiger partial charge in [0, 0.05) is 52.7 Å². The zero-order valence-corrected chi connectivity index (χ0v) is 23.2. The molecule has 0 saturated carbocycles. The highest BCUT2D eigenvalue weighted by Gasteiger charge is 2.33. The van der Waals surface area contributed by atoms with Gasteiger partial charge in [-0.25, -0.2) is 9.18 Å². The van der Waals surface area contributed by atoms with E-state index in [2.05, 4.69) is 10.2 Å². The van der Waals surface area contributed by atoms with Crippen molar-refractivity contribution in [3.8, 4) is 5.75 Å². The van der Waals surface area contributed by atoms with Crippen molar-refractivity contribution in [1.82, 2.24) is 15.1 Å². The molecular formula is C29H36FN5O6. The average molecular weight is 570 g/mol. The second-order valence-electron chi connectivity index (χ2n) is 10.4. The number of carbonyl (C=O) groups is 3. The lowest BCUT2D eigenvalue weighted by atomic mass is 10.2. The minimum atomic E-state index is -0.578. The maximum absolute atomic E-state index is 15.1. The summed E-state index contributed by atoms with van der Waals surface area (Å²) in [6.45, 7) is 7.85. The summed E-state index contributed by atoms with van der Waals surface area (Å²) in [7, 11) is 0. The molecule has 1 N–H and O–H groups in total. The first-order valence-electron chi connectivity index (χ1n) is 13.9. The third-order valence-electron chi connectivity index (χ3n) is 7.46. The van der Waals surface area contributed by atoms with Crippen LogP contribution in [0.3, 0.4) is 0 Å². The number of carbonyl (C=O) groups excluding carboxylic acids is 3. The standard InChI is InChI=1S/C29H36FN5O6/c1-21(36)31-17-25-19-35(29(38)41-25)23-4-7-27(26(30)16-23)33-8-10-34(11-9-33)28(37)20-40-24-5-2-22(3-6-24)18-32-12-14-39-15-13-32/h2-7,16,25H,8-15,17-20H2,1H3,(H,31,36). The zero-order valence-electron chi connectivity index (χ0n) is 23.2. The van der Waals surface area contributed by atoms with Crippen molar-refractivity contribution < 1.29 is 33.0 Å². The molecule has 3 saturated heterocycles. The molecule has 3 heterocycles. The van der Waals surface area contributed by atoms with E-state index in [-0.39, 0.29) is 31.5 Å². The van der Waals surface area contributed by atoms with E-state index in [0.717, 1.165) is 32.8 Å². The number of benzene rings is 2. The summed E-state index contributed by atoms with van der Waals surface area (Å²) < 4.78 is 31.5. The fourth-order valence-corrected chi connectivity index (χ4v) is 5.16. The molecule has 0 radical (unpaired) electrons. The summed E-state index contributed by atoms with van der Waals surface area (Å²) in [6, 6.07) is 12.4. The molecule has 3 aliphatic rings. The molecule has 2 aromatic carbocycles. The van der Waals surface area contributed by atoms with Crippen LogP contribution in [0.4, 0.5) is 20.6 Å². The average Bonchev–Trinajstić information content (AvgIpc) is 3.36. The molecule has 2 aromatic rings. The van der Waals surface area contributed by atoms with Gasteiger partial charge in [0.1, 0.15) is 17.7 Å². The van der Waals surface area contributed by atoms with E-state index in [0.29, 0.717) is 43.3 Å². The molecule has 3 amide bonds. The van der Waals surface area contributed by atoms with Gasteiger partial charge in [-0.05, 0) is 35.9 Å². The highest BCUT2D eigenvalue weighted by molar-refractivity contribution is 5.90. The van der Waals surface area contributed by atoms with Crippen LogP contribution in [0.1, 0.15) is 12.5 Å². The van der Waals surface area contributed by atoms with Crippen LogP contribution in [0.2, 0.25) is 0 Å². The van der Waals surface area contributed by atoms with Crippen LogP contribution in [-0.2, 0) is 25.6 Å². The smallest absolute Gasteiger partial charge is 0.414 e. The van der Waals surface area contributed by atoms with Gasteiger partial charge >= 0.3 is 6.09 Å². The van der Waals surface area contributed by atoms with E-state index < -0.39 is 18.0 Å². The fraction of sp³-hybridized carbons (Fsp3) is 0.483. The molecule has 0 aliphatic carbocycles. The molecule has 0 spiro atoms. The van der Waals surface area contributed by atoms with Crippen molar-refractivity contribution in [2.24, 2.45) is 0 Å². The molecule has 220 valence electrons. The lowest BCUT2D eigenvalue weighted by Gasteiger charge is -2.36. The first-order chi connectivity index (χ1) is 19.9. The minimum absolute atomic E-state index is 0.0548. The van der Waals surface area contributed by atoms with Crippen molar-refractivity contribution in [2.75, 3.05) is 82.0 Å².